The number of rotatable bonds is 4. The summed E-state index contributed by atoms with van der Waals surface area (Å²) in [4.78, 5) is 2.42. The van der Waals surface area contributed by atoms with Gasteiger partial charge in [-0.05, 0) is 68.9 Å². The Bertz CT molecular complexity index is 346. The van der Waals surface area contributed by atoms with Gasteiger partial charge >= 0.3 is 0 Å². The fourth-order valence-electron chi connectivity index (χ4n) is 2.92. The number of nitrogens with two attached hydrogens (primary N) is 1. The first kappa shape index (κ1) is 13.6. The molecule has 1 unspecified atom stereocenters. The fraction of sp³-hybridized carbons (Fsp3) is 0.625. The third-order valence-corrected chi connectivity index (χ3v) is 4.38. The summed E-state index contributed by atoms with van der Waals surface area (Å²) in [5, 5.41) is 0. The summed E-state index contributed by atoms with van der Waals surface area (Å²) in [5.41, 5.74) is 8.72. The Morgan fingerprint density at radius 1 is 1.22 bits per heavy atom. The van der Waals surface area contributed by atoms with Crippen LogP contribution in [0.4, 0.5) is 0 Å². The van der Waals surface area contributed by atoms with E-state index in [2.05, 4.69) is 43.1 Å². The molecular formula is C16H26N2. The molecule has 1 saturated heterocycles. The Morgan fingerprint density at radius 2 is 1.83 bits per heavy atom. The summed E-state index contributed by atoms with van der Waals surface area (Å²) in [7, 11) is 2.21. The van der Waals surface area contributed by atoms with Gasteiger partial charge in [-0.15, -0.1) is 0 Å². The molecule has 2 nitrogen and oxygen atoms in total. The largest absolute Gasteiger partial charge is 0.330 e. The summed E-state index contributed by atoms with van der Waals surface area (Å²) in [6.07, 6.45) is 3.72. The minimum absolute atomic E-state index is 0.525. The lowest BCUT2D eigenvalue weighted by Crippen LogP contribution is -2.29. The number of likely N-dealkylation sites (tertiary alicyclic amines) is 1. The monoisotopic (exact) mass is 246 g/mol. The molecule has 1 aliphatic heterocycles. The molecule has 2 N–H and O–H groups in total. The van der Waals surface area contributed by atoms with Gasteiger partial charge in [-0.1, -0.05) is 31.2 Å². The van der Waals surface area contributed by atoms with E-state index in [1.165, 1.54) is 37.1 Å². The Morgan fingerprint density at radius 3 is 2.33 bits per heavy atom. The maximum absolute atomic E-state index is 5.81. The van der Waals surface area contributed by atoms with E-state index in [0.717, 1.165) is 18.9 Å². The van der Waals surface area contributed by atoms with Crippen molar-refractivity contribution >= 4 is 0 Å². The average molecular weight is 246 g/mol. The molecule has 18 heavy (non-hydrogen) atoms. The lowest BCUT2D eigenvalue weighted by molar-refractivity contribution is 0.255. The summed E-state index contributed by atoms with van der Waals surface area (Å²) in [6, 6.07) is 9.22. The van der Waals surface area contributed by atoms with Crippen LogP contribution in [0.3, 0.4) is 0 Å². The minimum atomic E-state index is 0.525. The Kier molecular flexibility index (Phi) is 4.79. The van der Waals surface area contributed by atoms with Gasteiger partial charge < -0.3 is 10.6 Å². The molecule has 0 amide bonds. The molecular weight excluding hydrogens is 220 g/mol. The van der Waals surface area contributed by atoms with Gasteiger partial charge in [-0.3, -0.25) is 0 Å². The molecule has 0 radical (unpaired) electrons. The SMILES string of the molecule is CCC(CN)c1ccc(C2CCN(C)CC2)cc1. The van der Waals surface area contributed by atoms with Crippen LogP contribution in [0.25, 0.3) is 0 Å². The van der Waals surface area contributed by atoms with Gasteiger partial charge in [0.1, 0.15) is 0 Å². The molecule has 1 atom stereocenters. The van der Waals surface area contributed by atoms with Gasteiger partial charge in [-0.2, -0.15) is 0 Å². The molecule has 1 aromatic carbocycles. The average Bonchev–Trinajstić information content (AvgIpc) is 2.42. The van der Waals surface area contributed by atoms with E-state index in [0.29, 0.717) is 5.92 Å². The Balaban J connectivity index is 2.03. The van der Waals surface area contributed by atoms with Crippen molar-refractivity contribution in [3.63, 3.8) is 0 Å². The standard InChI is InChI=1S/C16H26N2/c1-3-13(12-17)14-4-6-15(7-5-14)16-8-10-18(2)11-9-16/h4-7,13,16H,3,8-12,17H2,1-2H3. The predicted octanol–water partition coefficient (Wildman–Crippen LogP) is 2.95. The van der Waals surface area contributed by atoms with Crippen molar-refractivity contribution in [3.8, 4) is 0 Å². The quantitative estimate of drug-likeness (QED) is 0.885. The van der Waals surface area contributed by atoms with E-state index in [4.69, 9.17) is 5.73 Å². The van der Waals surface area contributed by atoms with Gasteiger partial charge in [-0.25, -0.2) is 0 Å². The normalized spacial score (nSPS) is 19.9. The first-order valence-corrected chi connectivity index (χ1v) is 7.23. The van der Waals surface area contributed by atoms with Crippen LogP contribution in [0.1, 0.15) is 49.1 Å². The molecule has 0 aromatic heterocycles. The van der Waals surface area contributed by atoms with Crippen LogP contribution in [-0.2, 0) is 0 Å². The van der Waals surface area contributed by atoms with E-state index < -0.39 is 0 Å². The van der Waals surface area contributed by atoms with Gasteiger partial charge in [0.25, 0.3) is 0 Å². The summed E-state index contributed by atoms with van der Waals surface area (Å²) in [5.74, 6) is 1.28. The van der Waals surface area contributed by atoms with E-state index in [1.807, 2.05) is 0 Å². The fourth-order valence-corrected chi connectivity index (χ4v) is 2.92. The number of hydrogen-bond acceptors (Lipinski definition) is 2. The van der Waals surface area contributed by atoms with Crippen LogP contribution in [0.5, 0.6) is 0 Å². The molecule has 0 saturated carbocycles. The highest BCUT2D eigenvalue weighted by molar-refractivity contribution is 5.28. The molecule has 2 heteroatoms. The summed E-state index contributed by atoms with van der Waals surface area (Å²) < 4.78 is 0. The molecule has 0 spiro atoms. The van der Waals surface area contributed by atoms with Gasteiger partial charge in [0, 0.05) is 0 Å². The molecule has 1 aliphatic rings. The first-order valence-electron chi connectivity index (χ1n) is 7.23. The molecule has 100 valence electrons. The van der Waals surface area contributed by atoms with Crippen molar-refractivity contribution in [1.82, 2.24) is 4.90 Å². The number of nitrogens with zero attached hydrogens (tertiary/aromatic N) is 1. The van der Waals surface area contributed by atoms with Gasteiger partial charge in [0.05, 0.1) is 0 Å². The second kappa shape index (κ2) is 6.35. The van der Waals surface area contributed by atoms with Crippen LogP contribution in [-0.4, -0.2) is 31.6 Å². The second-order valence-corrected chi connectivity index (χ2v) is 5.59. The molecule has 0 aliphatic carbocycles. The van der Waals surface area contributed by atoms with E-state index in [9.17, 15) is 0 Å². The molecule has 2 rings (SSSR count). The van der Waals surface area contributed by atoms with E-state index >= 15 is 0 Å². The van der Waals surface area contributed by atoms with Crippen LogP contribution in [0.2, 0.25) is 0 Å². The first-order chi connectivity index (χ1) is 8.74. The zero-order valence-corrected chi connectivity index (χ0v) is 11.7. The third-order valence-electron chi connectivity index (χ3n) is 4.38. The van der Waals surface area contributed by atoms with Gasteiger partial charge in [0.15, 0.2) is 0 Å². The topological polar surface area (TPSA) is 29.3 Å². The van der Waals surface area contributed by atoms with Crippen molar-refractivity contribution in [2.24, 2.45) is 5.73 Å². The highest BCUT2D eigenvalue weighted by Crippen LogP contribution is 2.29. The zero-order chi connectivity index (χ0) is 13.0. The van der Waals surface area contributed by atoms with E-state index in [-0.39, 0.29) is 0 Å². The van der Waals surface area contributed by atoms with Crippen molar-refractivity contribution in [3.05, 3.63) is 35.4 Å². The number of hydrogen-bond donors (Lipinski definition) is 1. The highest BCUT2D eigenvalue weighted by Gasteiger charge is 2.18. The highest BCUT2D eigenvalue weighted by atomic mass is 15.1. The summed E-state index contributed by atoms with van der Waals surface area (Å²) >= 11 is 0. The minimum Gasteiger partial charge on any atom is -0.330 e. The van der Waals surface area contributed by atoms with Crippen molar-refractivity contribution in [2.45, 2.75) is 38.0 Å². The Labute approximate surface area is 111 Å². The maximum atomic E-state index is 5.81. The molecule has 0 bridgehead atoms. The predicted molar refractivity (Wildman–Crippen MR) is 78.0 cm³/mol. The van der Waals surface area contributed by atoms with Crippen LogP contribution in [0.15, 0.2) is 24.3 Å². The number of benzene rings is 1. The Hall–Kier alpha value is -0.860. The third kappa shape index (κ3) is 3.12. The maximum Gasteiger partial charge on any atom is -0.000834 e. The van der Waals surface area contributed by atoms with Crippen LogP contribution in [0, 0.1) is 0 Å². The molecule has 1 heterocycles. The zero-order valence-electron chi connectivity index (χ0n) is 11.7. The van der Waals surface area contributed by atoms with Gasteiger partial charge in [0.2, 0.25) is 0 Å². The number of piperidine rings is 1. The van der Waals surface area contributed by atoms with Crippen molar-refractivity contribution < 1.29 is 0 Å². The lowest BCUT2D eigenvalue weighted by Gasteiger charge is -2.29. The lowest BCUT2D eigenvalue weighted by atomic mass is 9.87. The molecule has 1 fully saturated rings. The van der Waals surface area contributed by atoms with E-state index in [1.54, 1.807) is 0 Å². The molecule has 1 aromatic rings. The van der Waals surface area contributed by atoms with Crippen molar-refractivity contribution in [2.75, 3.05) is 26.7 Å². The smallest absolute Gasteiger partial charge is 0.000834 e. The van der Waals surface area contributed by atoms with Crippen molar-refractivity contribution in [1.29, 1.82) is 0 Å². The van der Waals surface area contributed by atoms with Crippen LogP contribution >= 0.6 is 0 Å². The summed E-state index contributed by atoms with van der Waals surface area (Å²) in [6.45, 7) is 5.42. The second-order valence-electron chi connectivity index (χ2n) is 5.59. The van der Waals surface area contributed by atoms with Crippen LogP contribution < -0.4 is 5.73 Å².